The number of ether oxygens (including phenoxy) is 4. The number of esters is 1. The minimum absolute atomic E-state index is 0.0523. The summed E-state index contributed by atoms with van der Waals surface area (Å²) >= 11 is 0. The van der Waals surface area contributed by atoms with E-state index < -0.39 is 11.2 Å². The van der Waals surface area contributed by atoms with Crippen LogP contribution in [0.25, 0.3) is 0 Å². The lowest BCUT2D eigenvalue weighted by Crippen LogP contribution is -2.46. The minimum atomic E-state index is -1.02. The Balaban J connectivity index is 1.60. The quantitative estimate of drug-likeness (QED) is 0.512. The van der Waals surface area contributed by atoms with Gasteiger partial charge in [0.25, 0.3) is 0 Å². The molecule has 0 aromatic heterocycles. The van der Waals surface area contributed by atoms with Gasteiger partial charge < -0.3 is 18.9 Å². The average Bonchev–Trinajstić information content (AvgIpc) is 2.73. The van der Waals surface area contributed by atoms with Crippen LogP contribution in [0.1, 0.15) is 78.2 Å². The summed E-state index contributed by atoms with van der Waals surface area (Å²) in [6.07, 6.45) is 8.20. The van der Waals surface area contributed by atoms with Gasteiger partial charge >= 0.3 is 5.97 Å². The molecule has 0 radical (unpaired) electrons. The van der Waals surface area contributed by atoms with Crippen molar-refractivity contribution >= 4 is 5.97 Å². The van der Waals surface area contributed by atoms with E-state index >= 15 is 0 Å². The molecule has 31 heavy (non-hydrogen) atoms. The van der Waals surface area contributed by atoms with E-state index in [-0.39, 0.29) is 18.4 Å². The van der Waals surface area contributed by atoms with Crippen molar-refractivity contribution in [2.45, 2.75) is 103 Å². The molecule has 2 fully saturated rings. The van der Waals surface area contributed by atoms with Crippen LogP contribution >= 0.6 is 0 Å². The van der Waals surface area contributed by atoms with Gasteiger partial charge in [0.1, 0.15) is 5.60 Å². The Morgan fingerprint density at radius 2 is 1.81 bits per heavy atom. The topological polar surface area (TPSA) is 54.0 Å². The Bertz CT molecular complexity index is 677. The molecule has 0 bridgehead atoms. The zero-order valence-electron chi connectivity index (χ0n) is 19.7. The summed E-state index contributed by atoms with van der Waals surface area (Å²) < 4.78 is 24.1. The van der Waals surface area contributed by atoms with E-state index in [4.69, 9.17) is 18.9 Å². The molecule has 174 valence electrons. The first-order valence-corrected chi connectivity index (χ1v) is 11.9. The van der Waals surface area contributed by atoms with Crippen LogP contribution in [-0.4, -0.2) is 42.8 Å². The molecule has 2 unspecified atom stereocenters. The molecule has 2 aliphatic rings. The van der Waals surface area contributed by atoms with Crippen LogP contribution in [0.5, 0.6) is 0 Å². The van der Waals surface area contributed by atoms with Crippen molar-refractivity contribution in [1.29, 1.82) is 0 Å². The first kappa shape index (κ1) is 24.2. The summed E-state index contributed by atoms with van der Waals surface area (Å²) in [7, 11) is 0. The van der Waals surface area contributed by atoms with Crippen molar-refractivity contribution in [2.75, 3.05) is 13.2 Å². The number of hydrogen-bond acceptors (Lipinski definition) is 5. The molecule has 1 saturated carbocycles. The SMILES string of the molecule is CC(C)(C)OC(=O)C(C)(Cc1ccccc1)OC[C@@H]1CCC[C@H](OC2CCCCO2)C1. The van der Waals surface area contributed by atoms with E-state index in [9.17, 15) is 4.79 Å². The van der Waals surface area contributed by atoms with Crippen LogP contribution < -0.4 is 0 Å². The fourth-order valence-corrected chi connectivity index (χ4v) is 4.41. The third-order valence-electron chi connectivity index (χ3n) is 6.07. The molecular formula is C26H40O5. The van der Waals surface area contributed by atoms with E-state index in [0.717, 1.165) is 50.7 Å². The highest BCUT2D eigenvalue weighted by atomic mass is 16.7. The summed E-state index contributed by atoms with van der Waals surface area (Å²) in [4.78, 5) is 13.1. The highest BCUT2D eigenvalue weighted by molar-refractivity contribution is 5.80. The maximum absolute atomic E-state index is 13.1. The molecule has 1 aliphatic heterocycles. The predicted molar refractivity (Wildman–Crippen MR) is 121 cm³/mol. The predicted octanol–water partition coefficient (Wildman–Crippen LogP) is 5.45. The van der Waals surface area contributed by atoms with Crippen LogP contribution in [-0.2, 0) is 30.2 Å². The Kier molecular flexibility index (Phi) is 8.54. The molecule has 1 aliphatic carbocycles. The van der Waals surface area contributed by atoms with Crippen molar-refractivity contribution in [1.82, 2.24) is 0 Å². The van der Waals surface area contributed by atoms with E-state index in [1.807, 2.05) is 58.0 Å². The second-order valence-electron chi connectivity index (χ2n) is 10.3. The second kappa shape index (κ2) is 10.9. The zero-order valence-corrected chi connectivity index (χ0v) is 19.7. The molecule has 1 aromatic carbocycles. The van der Waals surface area contributed by atoms with E-state index in [1.165, 1.54) is 6.42 Å². The second-order valence-corrected chi connectivity index (χ2v) is 10.3. The molecule has 1 aromatic rings. The fourth-order valence-electron chi connectivity index (χ4n) is 4.41. The molecule has 5 nitrogen and oxygen atoms in total. The van der Waals surface area contributed by atoms with Crippen LogP contribution in [0.4, 0.5) is 0 Å². The van der Waals surface area contributed by atoms with Gasteiger partial charge in [-0.05, 0) is 77.7 Å². The number of carbonyl (C=O) groups is 1. The molecule has 0 spiro atoms. The van der Waals surface area contributed by atoms with Gasteiger partial charge in [0, 0.05) is 13.0 Å². The van der Waals surface area contributed by atoms with Crippen molar-refractivity contribution in [3.05, 3.63) is 35.9 Å². The summed E-state index contributed by atoms with van der Waals surface area (Å²) in [5, 5.41) is 0. The molecule has 1 heterocycles. The van der Waals surface area contributed by atoms with E-state index in [2.05, 4.69) is 0 Å². The summed E-state index contributed by atoms with van der Waals surface area (Å²) in [6.45, 7) is 8.88. The van der Waals surface area contributed by atoms with Crippen LogP contribution in [0.2, 0.25) is 0 Å². The Morgan fingerprint density at radius 1 is 1.03 bits per heavy atom. The number of carbonyl (C=O) groups excluding carboxylic acids is 1. The molecular weight excluding hydrogens is 392 g/mol. The maximum atomic E-state index is 13.1. The molecule has 3 rings (SSSR count). The highest BCUT2D eigenvalue weighted by Gasteiger charge is 2.39. The first-order chi connectivity index (χ1) is 14.7. The monoisotopic (exact) mass is 432 g/mol. The van der Waals surface area contributed by atoms with Gasteiger partial charge in [0.05, 0.1) is 12.7 Å². The van der Waals surface area contributed by atoms with Gasteiger partial charge in [0.15, 0.2) is 11.9 Å². The van der Waals surface area contributed by atoms with E-state index in [0.29, 0.717) is 18.9 Å². The molecule has 1 saturated heterocycles. The minimum Gasteiger partial charge on any atom is -0.458 e. The first-order valence-electron chi connectivity index (χ1n) is 11.9. The summed E-state index contributed by atoms with van der Waals surface area (Å²) in [5.41, 5.74) is -0.507. The number of benzene rings is 1. The standard InChI is InChI=1S/C26H40O5/c1-25(2,3)31-24(27)26(4,18-20-11-6-5-7-12-20)29-19-21-13-10-14-22(17-21)30-23-15-8-9-16-28-23/h5-7,11-12,21-23H,8-10,13-19H2,1-4H3/t21-,22+,23?,26?/m1/s1. The Labute approximate surface area is 187 Å². The third kappa shape index (κ3) is 7.89. The average molecular weight is 433 g/mol. The van der Waals surface area contributed by atoms with E-state index in [1.54, 1.807) is 0 Å². The normalized spacial score (nSPS) is 26.8. The van der Waals surface area contributed by atoms with Gasteiger partial charge in [-0.1, -0.05) is 36.8 Å². The molecule has 0 N–H and O–H groups in total. The van der Waals surface area contributed by atoms with Crippen molar-refractivity contribution < 1.29 is 23.7 Å². The van der Waals surface area contributed by atoms with Crippen LogP contribution in [0, 0.1) is 5.92 Å². The maximum Gasteiger partial charge on any atom is 0.338 e. The van der Waals surface area contributed by atoms with Gasteiger partial charge in [-0.2, -0.15) is 0 Å². The van der Waals surface area contributed by atoms with Crippen molar-refractivity contribution in [3.8, 4) is 0 Å². The van der Waals surface area contributed by atoms with Crippen LogP contribution in [0.3, 0.4) is 0 Å². The lowest BCUT2D eigenvalue weighted by atomic mass is 9.87. The zero-order chi connectivity index (χ0) is 22.3. The highest BCUT2D eigenvalue weighted by Crippen LogP contribution is 2.31. The molecule has 0 amide bonds. The Hall–Kier alpha value is -1.43. The largest absolute Gasteiger partial charge is 0.458 e. The smallest absolute Gasteiger partial charge is 0.338 e. The number of hydrogen-bond donors (Lipinski definition) is 0. The van der Waals surface area contributed by atoms with Gasteiger partial charge in [-0.15, -0.1) is 0 Å². The molecule has 4 atom stereocenters. The number of rotatable bonds is 8. The van der Waals surface area contributed by atoms with Crippen molar-refractivity contribution in [3.63, 3.8) is 0 Å². The Morgan fingerprint density at radius 3 is 2.48 bits per heavy atom. The lowest BCUT2D eigenvalue weighted by molar-refractivity contribution is -0.200. The van der Waals surface area contributed by atoms with Crippen LogP contribution in [0.15, 0.2) is 30.3 Å². The van der Waals surface area contributed by atoms with Crippen molar-refractivity contribution in [2.24, 2.45) is 5.92 Å². The summed E-state index contributed by atoms with van der Waals surface area (Å²) in [5.74, 6) is 0.0722. The third-order valence-corrected chi connectivity index (χ3v) is 6.07. The molecule has 5 heteroatoms. The summed E-state index contributed by atoms with van der Waals surface area (Å²) in [6, 6.07) is 10.0. The fraction of sp³-hybridized carbons (Fsp3) is 0.731. The van der Waals surface area contributed by atoms with Gasteiger partial charge in [-0.3, -0.25) is 0 Å². The lowest BCUT2D eigenvalue weighted by Gasteiger charge is -2.36. The van der Waals surface area contributed by atoms with Gasteiger partial charge in [0.2, 0.25) is 0 Å². The van der Waals surface area contributed by atoms with Gasteiger partial charge in [-0.25, -0.2) is 4.79 Å².